The molecule has 0 aliphatic carbocycles. The van der Waals surface area contributed by atoms with Gasteiger partial charge in [0.2, 0.25) is 0 Å². The summed E-state index contributed by atoms with van der Waals surface area (Å²) >= 11 is 0. The average Bonchev–Trinajstić information content (AvgIpc) is 2.56. The molecule has 1 N–H and O–H groups in total. The molecule has 3 nitrogen and oxygen atoms in total. The molecule has 128 valence electrons. The fourth-order valence-electron chi connectivity index (χ4n) is 2.78. The van der Waals surface area contributed by atoms with Crippen LogP contribution in [0.1, 0.15) is 54.7 Å². The first-order valence-corrected chi connectivity index (χ1v) is 8.60. The van der Waals surface area contributed by atoms with Crippen molar-refractivity contribution in [1.29, 1.82) is 0 Å². The van der Waals surface area contributed by atoms with Crippen LogP contribution in [-0.4, -0.2) is 12.5 Å². The van der Waals surface area contributed by atoms with E-state index in [1.54, 1.807) is 0 Å². The lowest BCUT2D eigenvalue weighted by molar-refractivity contribution is 0.0932. The number of hydrogen-bond acceptors (Lipinski definition) is 2. The van der Waals surface area contributed by atoms with E-state index in [1.165, 1.54) is 0 Å². The van der Waals surface area contributed by atoms with Crippen molar-refractivity contribution < 1.29 is 9.53 Å². The normalized spacial score (nSPS) is 12.0. The fourth-order valence-corrected chi connectivity index (χ4v) is 2.78. The van der Waals surface area contributed by atoms with Gasteiger partial charge in [-0.2, -0.15) is 0 Å². The largest absolute Gasteiger partial charge is 0.494 e. The fraction of sp³-hybridized carbons (Fsp3) is 0.381. The second-order valence-corrected chi connectivity index (χ2v) is 6.48. The molecule has 2 aromatic rings. The van der Waals surface area contributed by atoms with Gasteiger partial charge in [-0.3, -0.25) is 4.79 Å². The summed E-state index contributed by atoms with van der Waals surface area (Å²) in [5.41, 5.74) is 2.78. The van der Waals surface area contributed by atoms with E-state index in [0.717, 1.165) is 23.3 Å². The zero-order chi connectivity index (χ0) is 17.5. The van der Waals surface area contributed by atoms with Crippen LogP contribution >= 0.6 is 0 Å². The van der Waals surface area contributed by atoms with E-state index in [-0.39, 0.29) is 11.9 Å². The molecule has 0 heterocycles. The molecular weight excluding hydrogens is 298 g/mol. The minimum atomic E-state index is -0.0457. The topological polar surface area (TPSA) is 38.3 Å². The molecule has 0 radical (unpaired) electrons. The monoisotopic (exact) mass is 325 g/mol. The van der Waals surface area contributed by atoms with Gasteiger partial charge in [0, 0.05) is 5.56 Å². The standard InChI is InChI=1S/C21H27NO2/c1-5-24-20-12-11-18(14-16(20)4)21(23)22-19(13-15(2)3)17-9-7-6-8-10-17/h6-12,14-15,19H,5,13H2,1-4H3,(H,22,23)/t19-/m1/s1. The van der Waals surface area contributed by atoms with Crippen molar-refractivity contribution in [2.45, 2.75) is 40.2 Å². The minimum Gasteiger partial charge on any atom is -0.494 e. The van der Waals surface area contributed by atoms with Crippen LogP contribution in [0.3, 0.4) is 0 Å². The Hall–Kier alpha value is -2.29. The first-order valence-electron chi connectivity index (χ1n) is 8.60. The van der Waals surface area contributed by atoms with E-state index in [9.17, 15) is 4.79 Å². The van der Waals surface area contributed by atoms with Crippen molar-refractivity contribution in [3.8, 4) is 5.75 Å². The molecule has 0 aliphatic rings. The van der Waals surface area contributed by atoms with Gasteiger partial charge in [-0.25, -0.2) is 0 Å². The van der Waals surface area contributed by atoms with Crippen molar-refractivity contribution in [3.63, 3.8) is 0 Å². The van der Waals surface area contributed by atoms with Crippen LogP contribution in [0.5, 0.6) is 5.75 Å². The summed E-state index contributed by atoms with van der Waals surface area (Å²) in [6.45, 7) is 8.88. The average molecular weight is 325 g/mol. The highest BCUT2D eigenvalue weighted by molar-refractivity contribution is 5.94. The molecular formula is C21H27NO2. The number of ether oxygens (including phenoxy) is 1. The Morgan fingerprint density at radius 2 is 1.83 bits per heavy atom. The second kappa shape index (κ2) is 8.53. The van der Waals surface area contributed by atoms with Crippen molar-refractivity contribution in [2.75, 3.05) is 6.61 Å². The molecule has 0 aliphatic heterocycles. The summed E-state index contributed by atoms with van der Waals surface area (Å²) < 4.78 is 5.54. The molecule has 0 spiro atoms. The number of carbonyl (C=O) groups is 1. The summed E-state index contributed by atoms with van der Waals surface area (Å²) in [5, 5.41) is 3.18. The minimum absolute atomic E-state index is 0.0191. The molecule has 0 bridgehead atoms. The molecule has 1 atom stereocenters. The van der Waals surface area contributed by atoms with Gasteiger partial charge in [0.05, 0.1) is 12.6 Å². The summed E-state index contributed by atoms with van der Waals surface area (Å²) in [6, 6.07) is 15.7. The van der Waals surface area contributed by atoms with Gasteiger partial charge in [-0.15, -0.1) is 0 Å². The molecule has 0 unspecified atom stereocenters. The molecule has 2 aromatic carbocycles. The number of amides is 1. The number of aryl methyl sites for hydroxylation is 1. The lowest BCUT2D eigenvalue weighted by Crippen LogP contribution is -2.29. The van der Waals surface area contributed by atoms with E-state index < -0.39 is 0 Å². The van der Waals surface area contributed by atoms with Crippen LogP contribution in [-0.2, 0) is 0 Å². The smallest absolute Gasteiger partial charge is 0.251 e. The lowest BCUT2D eigenvalue weighted by Gasteiger charge is -2.21. The third-order valence-electron chi connectivity index (χ3n) is 3.95. The summed E-state index contributed by atoms with van der Waals surface area (Å²) in [4.78, 5) is 12.7. The Bertz CT molecular complexity index is 665. The Labute approximate surface area is 145 Å². The zero-order valence-electron chi connectivity index (χ0n) is 15.0. The maximum atomic E-state index is 12.7. The highest BCUT2D eigenvalue weighted by Crippen LogP contribution is 2.23. The van der Waals surface area contributed by atoms with Crippen molar-refractivity contribution in [2.24, 2.45) is 5.92 Å². The van der Waals surface area contributed by atoms with Crippen LogP contribution in [0.15, 0.2) is 48.5 Å². The molecule has 0 fully saturated rings. The SMILES string of the molecule is CCOc1ccc(C(=O)N[C@H](CC(C)C)c2ccccc2)cc1C. The molecule has 0 aromatic heterocycles. The van der Waals surface area contributed by atoms with E-state index in [4.69, 9.17) is 4.74 Å². The van der Waals surface area contributed by atoms with Crippen molar-refractivity contribution in [3.05, 3.63) is 65.2 Å². The van der Waals surface area contributed by atoms with Gasteiger partial charge in [0.15, 0.2) is 0 Å². The molecule has 24 heavy (non-hydrogen) atoms. The second-order valence-electron chi connectivity index (χ2n) is 6.48. The van der Waals surface area contributed by atoms with E-state index in [0.29, 0.717) is 18.1 Å². The van der Waals surface area contributed by atoms with Gasteiger partial charge in [0.1, 0.15) is 5.75 Å². The molecule has 0 saturated carbocycles. The predicted octanol–water partition coefficient (Wildman–Crippen LogP) is 4.91. The number of carbonyl (C=O) groups excluding carboxylic acids is 1. The summed E-state index contributed by atoms with van der Waals surface area (Å²) in [5.74, 6) is 1.28. The van der Waals surface area contributed by atoms with Crippen molar-refractivity contribution >= 4 is 5.91 Å². The van der Waals surface area contributed by atoms with Gasteiger partial charge in [-0.1, -0.05) is 44.2 Å². The first kappa shape index (κ1) is 18.1. The quantitative estimate of drug-likeness (QED) is 0.785. The van der Waals surface area contributed by atoms with E-state index >= 15 is 0 Å². The highest BCUT2D eigenvalue weighted by Gasteiger charge is 2.17. The summed E-state index contributed by atoms with van der Waals surface area (Å²) in [7, 11) is 0. The number of benzene rings is 2. The first-order chi connectivity index (χ1) is 11.5. The number of rotatable bonds is 7. The Morgan fingerprint density at radius 1 is 1.12 bits per heavy atom. The zero-order valence-corrected chi connectivity index (χ0v) is 15.0. The Kier molecular flexibility index (Phi) is 6.42. The van der Waals surface area contributed by atoms with E-state index in [2.05, 4.69) is 31.3 Å². The van der Waals surface area contributed by atoms with E-state index in [1.807, 2.05) is 50.2 Å². The summed E-state index contributed by atoms with van der Waals surface area (Å²) in [6.07, 6.45) is 0.908. The van der Waals surface area contributed by atoms with Crippen molar-refractivity contribution in [1.82, 2.24) is 5.32 Å². The van der Waals surface area contributed by atoms with Crippen LogP contribution in [0.25, 0.3) is 0 Å². The Morgan fingerprint density at radius 3 is 2.42 bits per heavy atom. The third-order valence-corrected chi connectivity index (χ3v) is 3.95. The number of hydrogen-bond donors (Lipinski definition) is 1. The number of nitrogens with one attached hydrogen (secondary N) is 1. The predicted molar refractivity (Wildman–Crippen MR) is 98.5 cm³/mol. The molecule has 2 rings (SSSR count). The maximum Gasteiger partial charge on any atom is 0.251 e. The lowest BCUT2D eigenvalue weighted by atomic mass is 9.96. The highest BCUT2D eigenvalue weighted by atomic mass is 16.5. The molecule has 1 amide bonds. The van der Waals surface area contributed by atoms with Gasteiger partial charge >= 0.3 is 0 Å². The third kappa shape index (κ3) is 4.85. The van der Waals surface area contributed by atoms with Crippen LogP contribution in [0, 0.1) is 12.8 Å². The Balaban J connectivity index is 2.17. The molecule has 0 saturated heterocycles. The van der Waals surface area contributed by atoms with Crippen LogP contribution in [0.4, 0.5) is 0 Å². The molecule has 3 heteroatoms. The van der Waals surface area contributed by atoms with Crippen LogP contribution < -0.4 is 10.1 Å². The maximum absolute atomic E-state index is 12.7. The van der Waals surface area contributed by atoms with Gasteiger partial charge < -0.3 is 10.1 Å². The van der Waals surface area contributed by atoms with Crippen LogP contribution in [0.2, 0.25) is 0 Å². The van der Waals surface area contributed by atoms with Gasteiger partial charge in [-0.05, 0) is 55.5 Å². The van der Waals surface area contributed by atoms with Gasteiger partial charge in [0.25, 0.3) is 5.91 Å².